The molecule has 0 spiro atoms. The van der Waals surface area contributed by atoms with Crippen molar-refractivity contribution in [2.45, 2.75) is 32.6 Å². The van der Waals surface area contributed by atoms with E-state index in [0.717, 1.165) is 6.42 Å². The van der Waals surface area contributed by atoms with Crippen LogP contribution in [0.25, 0.3) is 6.08 Å². The quantitative estimate of drug-likeness (QED) is 0.652. The Balaban J connectivity index is 1.39. The number of benzene rings is 2. The highest BCUT2D eigenvalue weighted by atomic mass is 15.4. The van der Waals surface area contributed by atoms with Crippen LogP contribution in [0.1, 0.15) is 36.0 Å². The molecular weight excluding hydrogens is 342 g/mol. The zero-order valence-corrected chi connectivity index (χ0v) is 16.4. The number of allylic oxidation sites excluding steroid dienone is 2. The van der Waals surface area contributed by atoms with Crippen LogP contribution in [0.4, 0.5) is 17.1 Å². The topological polar surface area (TPSA) is 9.72 Å². The summed E-state index contributed by atoms with van der Waals surface area (Å²) in [5.41, 5.74) is 9.27. The van der Waals surface area contributed by atoms with E-state index in [9.17, 15) is 0 Å². The van der Waals surface area contributed by atoms with E-state index in [-0.39, 0.29) is 0 Å². The van der Waals surface area contributed by atoms with Gasteiger partial charge >= 0.3 is 0 Å². The van der Waals surface area contributed by atoms with Crippen molar-refractivity contribution < 1.29 is 0 Å². The average Bonchev–Trinajstić information content (AvgIpc) is 3.13. The maximum atomic E-state index is 2.54. The summed E-state index contributed by atoms with van der Waals surface area (Å²) in [6.07, 6.45) is 14.2. The molecule has 0 aromatic heterocycles. The zero-order chi connectivity index (χ0) is 18.7. The van der Waals surface area contributed by atoms with Crippen molar-refractivity contribution in [2.75, 3.05) is 27.8 Å². The second-order valence-electron chi connectivity index (χ2n) is 8.28. The summed E-state index contributed by atoms with van der Waals surface area (Å²) in [5.74, 6) is 1.27. The van der Waals surface area contributed by atoms with E-state index >= 15 is 0 Å². The summed E-state index contributed by atoms with van der Waals surface area (Å²) in [6, 6.07) is 13.8. The van der Waals surface area contributed by atoms with Crippen molar-refractivity contribution in [3.05, 3.63) is 83.0 Å². The number of hydrogen-bond donors (Lipinski definition) is 0. The van der Waals surface area contributed by atoms with Crippen molar-refractivity contribution in [2.24, 2.45) is 0 Å². The Labute approximate surface area is 166 Å². The highest BCUT2D eigenvalue weighted by Gasteiger charge is 2.33. The summed E-state index contributed by atoms with van der Waals surface area (Å²) in [7, 11) is 0. The van der Waals surface area contributed by atoms with Gasteiger partial charge in [0.1, 0.15) is 5.82 Å². The molecule has 0 amide bonds. The molecule has 4 aliphatic heterocycles. The Morgan fingerprint density at radius 1 is 0.857 bits per heavy atom. The third-order valence-corrected chi connectivity index (χ3v) is 6.40. The van der Waals surface area contributed by atoms with Gasteiger partial charge in [-0.15, -0.1) is 0 Å². The molecule has 3 nitrogen and oxygen atoms in total. The van der Waals surface area contributed by atoms with Gasteiger partial charge in [0.25, 0.3) is 0 Å². The lowest BCUT2D eigenvalue weighted by Crippen LogP contribution is -2.30. The summed E-state index contributed by atoms with van der Waals surface area (Å²) in [5, 5.41) is 0. The number of nitrogens with zero attached hydrogens (tertiary/aromatic N) is 3. The number of anilines is 3. The molecule has 2 aromatic carbocycles. The average molecular weight is 367 g/mol. The lowest BCUT2D eigenvalue weighted by atomic mass is 10.0. The van der Waals surface area contributed by atoms with Crippen molar-refractivity contribution in [3.63, 3.8) is 0 Å². The summed E-state index contributed by atoms with van der Waals surface area (Å²) in [6.45, 7) is 4.54. The minimum Gasteiger partial charge on any atom is -0.372 e. The molecule has 1 saturated heterocycles. The Morgan fingerprint density at radius 3 is 2.61 bits per heavy atom. The summed E-state index contributed by atoms with van der Waals surface area (Å²) < 4.78 is 0. The molecule has 1 fully saturated rings. The van der Waals surface area contributed by atoms with E-state index < -0.39 is 0 Å². The van der Waals surface area contributed by atoms with Gasteiger partial charge in [0, 0.05) is 30.5 Å². The van der Waals surface area contributed by atoms with Crippen LogP contribution in [0.3, 0.4) is 0 Å². The maximum Gasteiger partial charge on any atom is 0.118 e. The van der Waals surface area contributed by atoms with Crippen LogP contribution in [0, 0.1) is 6.92 Å². The van der Waals surface area contributed by atoms with E-state index in [1.165, 1.54) is 77.6 Å². The molecule has 0 N–H and O–H groups in total. The van der Waals surface area contributed by atoms with Gasteiger partial charge in [-0.1, -0.05) is 23.8 Å². The molecule has 4 heterocycles. The highest BCUT2D eigenvalue weighted by Crippen LogP contribution is 2.45. The Morgan fingerprint density at radius 2 is 1.71 bits per heavy atom. The minimum atomic E-state index is 0.991. The van der Waals surface area contributed by atoms with Crippen LogP contribution < -0.4 is 14.7 Å². The van der Waals surface area contributed by atoms with Gasteiger partial charge in [-0.05, 0) is 74.6 Å². The lowest BCUT2D eigenvalue weighted by molar-refractivity contribution is 0.578. The predicted molar refractivity (Wildman–Crippen MR) is 118 cm³/mol. The SMILES string of the molecule is Cc1ccc2c(c1)CC=C1N2C=C2C=Cc3cc(N4CCCCC4)ccc3N21. The maximum absolute atomic E-state index is 2.54. The molecule has 3 heteroatoms. The first-order chi connectivity index (χ1) is 13.8. The van der Waals surface area contributed by atoms with Gasteiger partial charge in [0.2, 0.25) is 0 Å². The van der Waals surface area contributed by atoms with E-state index in [2.05, 4.69) is 82.4 Å². The highest BCUT2D eigenvalue weighted by molar-refractivity contribution is 5.86. The van der Waals surface area contributed by atoms with Gasteiger partial charge in [-0.2, -0.15) is 0 Å². The van der Waals surface area contributed by atoms with Crippen molar-refractivity contribution >= 4 is 23.1 Å². The Kier molecular flexibility index (Phi) is 3.46. The number of rotatable bonds is 1. The Bertz CT molecular complexity index is 1050. The molecule has 0 unspecified atom stereocenters. The number of piperidine rings is 1. The van der Waals surface area contributed by atoms with Crippen LogP contribution in [0.5, 0.6) is 0 Å². The molecular formula is C25H25N3. The molecule has 0 radical (unpaired) electrons. The monoisotopic (exact) mass is 367 g/mol. The van der Waals surface area contributed by atoms with Crippen molar-refractivity contribution in [1.82, 2.24) is 0 Å². The normalized spacial score (nSPS) is 19.5. The molecule has 0 saturated carbocycles. The summed E-state index contributed by atoms with van der Waals surface area (Å²) in [4.78, 5) is 7.31. The van der Waals surface area contributed by atoms with Gasteiger partial charge in [-0.3, -0.25) is 4.90 Å². The molecule has 6 rings (SSSR count). The van der Waals surface area contributed by atoms with Crippen molar-refractivity contribution in [3.8, 4) is 0 Å². The van der Waals surface area contributed by atoms with Crippen LogP contribution in [-0.2, 0) is 6.42 Å². The fourth-order valence-electron chi connectivity index (χ4n) is 4.98. The standard InChI is InChI=1S/C25H25N3/c1-18-5-10-23-19(15-18)7-12-25-27(23)17-22-8-6-20-16-21(9-11-24(20)28(22)25)26-13-3-2-4-14-26/h5-6,8-12,15-17H,2-4,7,13-14H2,1H3. The summed E-state index contributed by atoms with van der Waals surface area (Å²) >= 11 is 0. The van der Waals surface area contributed by atoms with Crippen LogP contribution in [0.15, 0.2) is 66.3 Å². The van der Waals surface area contributed by atoms with E-state index in [1.807, 2.05) is 0 Å². The smallest absolute Gasteiger partial charge is 0.118 e. The van der Waals surface area contributed by atoms with Crippen molar-refractivity contribution in [1.29, 1.82) is 0 Å². The first kappa shape index (κ1) is 16.1. The molecule has 0 bridgehead atoms. The fraction of sp³-hybridized carbons (Fsp3) is 0.280. The second kappa shape index (κ2) is 6.03. The van der Waals surface area contributed by atoms with Gasteiger partial charge < -0.3 is 9.80 Å². The first-order valence-electron chi connectivity index (χ1n) is 10.5. The molecule has 4 aliphatic rings. The number of fused-ring (bicyclic) bond motifs is 7. The molecule has 0 atom stereocenters. The molecule has 0 aliphatic carbocycles. The van der Waals surface area contributed by atoms with E-state index in [0.29, 0.717) is 0 Å². The molecule has 2 aromatic rings. The van der Waals surface area contributed by atoms with Gasteiger partial charge in [-0.25, -0.2) is 0 Å². The Hall–Kier alpha value is -2.94. The zero-order valence-electron chi connectivity index (χ0n) is 16.4. The van der Waals surface area contributed by atoms with Gasteiger partial charge in [0.05, 0.1) is 17.1 Å². The lowest BCUT2D eigenvalue weighted by Gasteiger charge is -2.34. The van der Waals surface area contributed by atoms with E-state index in [1.54, 1.807) is 0 Å². The minimum absolute atomic E-state index is 0.991. The number of hydrogen-bond acceptors (Lipinski definition) is 3. The van der Waals surface area contributed by atoms with Gasteiger partial charge in [0.15, 0.2) is 0 Å². The van der Waals surface area contributed by atoms with Crippen LogP contribution in [-0.4, -0.2) is 13.1 Å². The molecule has 28 heavy (non-hydrogen) atoms. The largest absolute Gasteiger partial charge is 0.372 e. The third kappa shape index (κ3) is 2.35. The van der Waals surface area contributed by atoms with E-state index in [4.69, 9.17) is 0 Å². The third-order valence-electron chi connectivity index (χ3n) is 6.40. The number of aryl methyl sites for hydroxylation is 1. The van der Waals surface area contributed by atoms with Crippen LogP contribution in [0.2, 0.25) is 0 Å². The fourth-order valence-corrected chi connectivity index (χ4v) is 4.98. The molecule has 140 valence electrons. The predicted octanol–water partition coefficient (Wildman–Crippen LogP) is 5.58. The van der Waals surface area contributed by atoms with Crippen LogP contribution >= 0.6 is 0 Å². The first-order valence-corrected chi connectivity index (χ1v) is 10.5. The second-order valence-corrected chi connectivity index (χ2v) is 8.28.